The summed E-state index contributed by atoms with van der Waals surface area (Å²) in [4.78, 5) is 0. The Morgan fingerprint density at radius 2 is 2.08 bits per heavy atom. The van der Waals surface area contributed by atoms with Gasteiger partial charge >= 0.3 is 0 Å². The Bertz CT molecular complexity index is 209. The molecule has 2 fully saturated rings. The lowest BCUT2D eigenvalue weighted by atomic mass is 9.75. The number of ether oxygens (including phenoxy) is 1. The molecule has 0 radical (unpaired) electrons. The molecule has 0 amide bonds. The molecule has 1 saturated carbocycles. The molecular formula is C8H14O5. The van der Waals surface area contributed by atoms with Crippen molar-refractivity contribution in [2.75, 3.05) is 13.2 Å². The maximum Gasteiger partial charge on any atom is 0.121 e. The molecule has 5 nitrogen and oxygen atoms in total. The van der Waals surface area contributed by atoms with Crippen LogP contribution in [0.15, 0.2) is 0 Å². The molecule has 1 saturated heterocycles. The quantitative estimate of drug-likeness (QED) is 0.372. The monoisotopic (exact) mass is 190 g/mol. The predicted molar refractivity (Wildman–Crippen MR) is 41.9 cm³/mol. The Labute approximate surface area is 75.6 Å². The number of aliphatic hydroxyl groups excluding tert-OH is 3. The molecule has 5 heteroatoms. The minimum atomic E-state index is -1.38. The summed E-state index contributed by atoms with van der Waals surface area (Å²) in [7, 11) is 0. The van der Waals surface area contributed by atoms with Crippen molar-refractivity contribution in [2.24, 2.45) is 5.92 Å². The Balaban J connectivity index is 2.16. The van der Waals surface area contributed by atoms with Crippen LogP contribution in [-0.4, -0.2) is 57.6 Å². The minimum Gasteiger partial charge on any atom is -0.396 e. The van der Waals surface area contributed by atoms with Crippen molar-refractivity contribution in [3.8, 4) is 0 Å². The van der Waals surface area contributed by atoms with Crippen LogP contribution in [0.5, 0.6) is 0 Å². The zero-order valence-electron chi connectivity index (χ0n) is 7.13. The van der Waals surface area contributed by atoms with Crippen LogP contribution in [0.4, 0.5) is 0 Å². The van der Waals surface area contributed by atoms with E-state index in [1.54, 1.807) is 0 Å². The van der Waals surface area contributed by atoms with E-state index in [1.165, 1.54) is 0 Å². The summed E-state index contributed by atoms with van der Waals surface area (Å²) >= 11 is 0. The first kappa shape index (κ1) is 9.36. The van der Waals surface area contributed by atoms with Crippen LogP contribution in [-0.2, 0) is 4.74 Å². The van der Waals surface area contributed by atoms with E-state index in [0.717, 1.165) is 0 Å². The van der Waals surface area contributed by atoms with Gasteiger partial charge in [-0.25, -0.2) is 0 Å². The van der Waals surface area contributed by atoms with Gasteiger partial charge in [0.1, 0.15) is 17.8 Å². The molecule has 0 spiro atoms. The van der Waals surface area contributed by atoms with Crippen molar-refractivity contribution in [3.63, 3.8) is 0 Å². The van der Waals surface area contributed by atoms with Gasteiger partial charge in [0.05, 0.1) is 12.7 Å². The van der Waals surface area contributed by atoms with E-state index in [2.05, 4.69) is 0 Å². The maximum atomic E-state index is 9.92. The molecule has 5 unspecified atom stereocenters. The molecule has 5 atom stereocenters. The zero-order chi connectivity index (χ0) is 9.64. The Hall–Kier alpha value is -0.200. The maximum absolute atomic E-state index is 9.92. The van der Waals surface area contributed by atoms with Crippen molar-refractivity contribution in [1.29, 1.82) is 0 Å². The smallest absolute Gasteiger partial charge is 0.121 e. The van der Waals surface area contributed by atoms with Gasteiger partial charge in [0.25, 0.3) is 0 Å². The third-order valence-electron chi connectivity index (χ3n) is 3.10. The molecule has 0 aromatic rings. The van der Waals surface area contributed by atoms with Gasteiger partial charge in [0.2, 0.25) is 0 Å². The summed E-state index contributed by atoms with van der Waals surface area (Å²) in [6.07, 6.45) is -1.23. The predicted octanol–water partition coefficient (Wildman–Crippen LogP) is -2.15. The molecule has 4 N–H and O–H groups in total. The molecule has 1 aliphatic heterocycles. The van der Waals surface area contributed by atoms with Gasteiger partial charge < -0.3 is 25.2 Å². The van der Waals surface area contributed by atoms with Gasteiger partial charge in [-0.3, -0.25) is 0 Å². The second-order valence-corrected chi connectivity index (χ2v) is 3.85. The topological polar surface area (TPSA) is 93.5 Å². The normalized spacial score (nSPS) is 54.5. The van der Waals surface area contributed by atoms with Gasteiger partial charge in [-0.2, -0.15) is 0 Å². The number of aliphatic hydroxyl groups is 4. The minimum absolute atomic E-state index is 0.249. The summed E-state index contributed by atoms with van der Waals surface area (Å²) in [5.74, 6) is -0.503. The molecule has 1 heterocycles. The molecule has 1 aliphatic carbocycles. The lowest BCUT2D eigenvalue weighted by Gasteiger charge is -2.36. The van der Waals surface area contributed by atoms with E-state index < -0.39 is 30.3 Å². The van der Waals surface area contributed by atoms with Crippen molar-refractivity contribution < 1.29 is 25.2 Å². The van der Waals surface area contributed by atoms with E-state index in [0.29, 0.717) is 0 Å². The molecule has 0 aromatic heterocycles. The van der Waals surface area contributed by atoms with Crippen LogP contribution in [0.3, 0.4) is 0 Å². The average Bonchev–Trinajstić information content (AvgIpc) is 2.91. The SMILES string of the molecule is OCC1CC(O)C2OC2C1(O)CO. The van der Waals surface area contributed by atoms with Crippen molar-refractivity contribution >= 4 is 0 Å². The van der Waals surface area contributed by atoms with Crippen LogP contribution < -0.4 is 0 Å². The zero-order valence-corrected chi connectivity index (χ0v) is 7.13. The molecule has 2 aliphatic rings. The first-order valence-corrected chi connectivity index (χ1v) is 4.41. The van der Waals surface area contributed by atoms with E-state index >= 15 is 0 Å². The Kier molecular flexibility index (Phi) is 2.08. The fraction of sp³-hybridized carbons (Fsp3) is 1.00. The first-order chi connectivity index (χ1) is 6.13. The molecule has 0 aromatic carbocycles. The van der Waals surface area contributed by atoms with Crippen LogP contribution in [0.1, 0.15) is 6.42 Å². The highest BCUT2D eigenvalue weighted by Gasteiger charge is 2.63. The molecule has 76 valence electrons. The fourth-order valence-corrected chi connectivity index (χ4v) is 2.13. The Morgan fingerprint density at radius 3 is 2.62 bits per heavy atom. The number of epoxide rings is 1. The largest absolute Gasteiger partial charge is 0.396 e. The van der Waals surface area contributed by atoms with Crippen molar-refractivity contribution in [3.05, 3.63) is 0 Å². The van der Waals surface area contributed by atoms with Gasteiger partial charge in [0, 0.05) is 12.5 Å². The summed E-state index contributed by atoms with van der Waals surface area (Å²) in [6, 6.07) is 0. The lowest BCUT2D eigenvalue weighted by Crippen LogP contribution is -2.54. The second-order valence-electron chi connectivity index (χ2n) is 3.85. The van der Waals surface area contributed by atoms with Gasteiger partial charge in [-0.05, 0) is 6.42 Å². The van der Waals surface area contributed by atoms with E-state index in [-0.39, 0.29) is 19.1 Å². The van der Waals surface area contributed by atoms with Gasteiger partial charge in [-0.1, -0.05) is 0 Å². The number of rotatable bonds is 2. The highest BCUT2D eigenvalue weighted by atomic mass is 16.6. The van der Waals surface area contributed by atoms with Gasteiger partial charge in [0.15, 0.2) is 0 Å². The number of hydrogen-bond acceptors (Lipinski definition) is 5. The summed E-state index contributed by atoms with van der Waals surface area (Å²) in [5, 5.41) is 37.3. The fourth-order valence-electron chi connectivity index (χ4n) is 2.13. The molecular weight excluding hydrogens is 176 g/mol. The van der Waals surface area contributed by atoms with Crippen LogP contribution in [0, 0.1) is 5.92 Å². The summed E-state index contributed by atoms with van der Waals surface area (Å²) in [5.41, 5.74) is -1.38. The number of fused-ring (bicyclic) bond motifs is 1. The van der Waals surface area contributed by atoms with Crippen LogP contribution in [0.2, 0.25) is 0 Å². The highest BCUT2D eigenvalue weighted by molar-refractivity contribution is 5.12. The lowest BCUT2D eigenvalue weighted by molar-refractivity contribution is -0.112. The average molecular weight is 190 g/mol. The molecule has 2 rings (SSSR count). The van der Waals surface area contributed by atoms with Crippen LogP contribution in [0.25, 0.3) is 0 Å². The van der Waals surface area contributed by atoms with Crippen molar-refractivity contribution in [1.82, 2.24) is 0 Å². The van der Waals surface area contributed by atoms with E-state index in [9.17, 15) is 10.2 Å². The summed E-state index contributed by atoms with van der Waals surface area (Å²) in [6.45, 7) is -0.688. The Morgan fingerprint density at radius 1 is 1.38 bits per heavy atom. The highest BCUT2D eigenvalue weighted by Crippen LogP contribution is 2.46. The summed E-state index contributed by atoms with van der Waals surface area (Å²) < 4.78 is 5.06. The standard InChI is InChI=1S/C8H14O5/c9-2-4-1-5(11)6-7(13-6)8(4,12)3-10/h4-7,9-12H,1-3H2. The van der Waals surface area contributed by atoms with Gasteiger partial charge in [-0.15, -0.1) is 0 Å². The first-order valence-electron chi connectivity index (χ1n) is 4.41. The third kappa shape index (κ3) is 1.19. The molecule has 13 heavy (non-hydrogen) atoms. The van der Waals surface area contributed by atoms with E-state index in [1.807, 2.05) is 0 Å². The number of hydrogen-bond donors (Lipinski definition) is 4. The van der Waals surface area contributed by atoms with Crippen LogP contribution >= 0.6 is 0 Å². The van der Waals surface area contributed by atoms with Crippen molar-refractivity contribution in [2.45, 2.75) is 30.3 Å². The molecule has 0 bridgehead atoms. The van der Waals surface area contributed by atoms with E-state index in [4.69, 9.17) is 14.9 Å². The second kappa shape index (κ2) is 2.90. The third-order valence-corrected chi connectivity index (χ3v) is 3.10.